The lowest BCUT2D eigenvalue weighted by molar-refractivity contribution is 0.162. The van der Waals surface area contributed by atoms with Gasteiger partial charge >= 0.3 is 0 Å². The highest BCUT2D eigenvalue weighted by Gasteiger charge is 2.28. The van der Waals surface area contributed by atoms with E-state index in [9.17, 15) is 5.11 Å². The molecule has 1 aliphatic rings. The summed E-state index contributed by atoms with van der Waals surface area (Å²) >= 11 is 0. The minimum absolute atomic E-state index is 0.172. The highest BCUT2D eigenvalue weighted by atomic mass is 16.3. The third-order valence-electron chi connectivity index (χ3n) is 2.99. The highest BCUT2D eigenvalue weighted by Crippen LogP contribution is 2.33. The molecule has 0 bridgehead atoms. The van der Waals surface area contributed by atoms with Gasteiger partial charge in [0.15, 0.2) is 0 Å². The summed E-state index contributed by atoms with van der Waals surface area (Å²) in [5, 5.41) is 9.69. The van der Waals surface area contributed by atoms with Crippen LogP contribution in [0.2, 0.25) is 0 Å². The SMILES string of the molecule is Cc1nc([C@@H]2CCC[C@H]2O)cn1C. The van der Waals surface area contributed by atoms with Gasteiger partial charge in [-0.2, -0.15) is 0 Å². The summed E-state index contributed by atoms with van der Waals surface area (Å²) in [6.07, 6.45) is 5.00. The first-order chi connectivity index (χ1) is 6.18. The van der Waals surface area contributed by atoms with Crippen molar-refractivity contribution in [3.05, 3.63) is 17.7 Å². The molecule has 3 heteroatoms. The Labute approximate surface area is 78.4 Å². The van der Waals surface area contributed by atoms with Gasteiger partial charge in [-0.1, -0.05) is 6.42 Å². The van der Waals surface area contributed by atoms with Crippen LogP contribution in [0.15, 0.2) is 6.20 Å². The number of hydrogen-bond donors (Lipinski definition) is 1. The van der Waals surface area contributed by atoms with Crippen LogP contribution >= 0.6 is 0 Å². The Morgan fingerprint density at radius 2 is 2.31 bits per heavy atom. The van der Waals surface area contributed by atoms with E-state index in [4.69, 9.17) is 0 Å². The summed E-state index contributed by atoms with van der Waals surface area (Å²) in [5.74, 6) is 1.30. The van der Waals surface area contributed by atoms with E-state index in [1.54, 1.807) is 0 Å². The fraction of sp³-hybridized carbons (Fsp3) is 0.700. The Bertz CT molecular complexity index is 286. The third-order valence-corrected chi connectivity index (χ3v) is 2.99. The lowest BCUT2D eigenvalue weighted by Crippen LogP contribution is -2.11. The molecule has 1 fully saturated rings. The first-order valence-corrected chi connectivity index (χ1v) is 4.86. The van der Waals surface area contributed by atoms with E-state index in [1.807, 2.05) is 24.7 Å². The molecule has 2 rings (SSSR count). The van der Waals surface area contributed by atoms with Crippen molar-refractivity contribution in [1.29, 1.82) is 0 Å². The maximum Gasteiger partial charge on any atom is 0.105 e. The van der Waals surface area contributed by atoms with Crippen molar-refractivity contribution < 1.29 is 5.11 Å². The molecule has 1 heterocycles. The number of aliphatic hydroxyl groups is 1. The second kappa shape index (κ2) is 3.14. The van der Waals surface area contributed by atoms with Crippen LogP contribution in [0.25, 0.3) is 0 Å². The van der Waals surface area contributed by atoms with Crippen molar-refractivity contribution in [3.63, 3.8) is 0 Å². The Morgan fingerprint density at radius 3 is 2.77 bits per heavy atom. The van der Waals surface area contributed by atoms with Crippen LogP contribution in [-0.2, 0) is 7.05 Å². The Kier molecular flexibility index (Phi) is 2.12. The molecule has 0 amide bonds. The summed E-state index contributed by atoms with van der Waals surface area (Å²) in [7, 11) is 1.99. The van der Waals surface area contributed by atoms with Gasteiger partial charge in [0.2, 0.25) is 0 Å². The molecule has 1 N–H and O–H groups in total. The molecular weight excluding hydrogens is 164 g/mol. The number of imidazole rings is 1. The molecule has 3 nitrogen and oxygen atoms in total. The molecule has 1 aromatic heterocycles. The number of aliphatic hydroxyl groups excluding tert-OH is 1. The van der Waals surface area contributed by atoms with E-state index in [0.717, 1.165) is 30.8 Å². The smallest absolute Gasteiger partial charge is 0.105 e. The minimum atomic E-state index is -0.172. The third kappa shape index (κ3) is 1.48. The second-order valence-electron chi connectivity index (χ2n) is 3.93. The van der Waals surface area contributed by atoms with E-state index < -0.39 is 0 Å². The zero-order valence-electron chi connectivity index (χ0n) is 8.20. The highest BCUT2D eigenvalue weighted by molar-refractivity contribution is 5.12. The molecule has 1 aliphatic carbocycles. The number of rotatable bonds is 1. The van der Waals surface area contributed by atoms with Gasteiger partial charge in [-0.25, -0.2) is 4.98 Å². The average molecular weight is 180 g/mol. The van der Waals surface area contributed by atoms with Crippen molar-refractivity contribution in [3.8, 4) is 0 Å². The van der Waals surface area contributed by atoms with Crippen molar-refractivity contribution in [2.75, 3.05) is 0 Å². The van der Waals surface area contributed by atoms with Crippen LogP contribution in [0.1, 0.15) is 36.7 Å². The monoisotopic (exact) mass is 180 g/mol. The molecule has 0 saturated heterocycles. The van der Waals surface area contributed by atoms with Crippen LogP contribution in [0.4, 0.5) is 0 Å². The van der Waals surface area contributed by atoms with Crippen molar-refractivity contribution in [1.82, 2.24) is 9.55 Å². The van der Waals surface area contributed by atoms with Crippen molar-refractivity contribution in [2.24, 2.45) is 7.05 Å². The van der Waals surface area contributed by atoms with Gasteiger partial charge in [0.25, 0.3) is 0 Å². The van der Waals surface area contributed by atoms with E-state index in [1.165, 1.54) is 0 Å². The molecule has 1 saturated carbocycles. The molecule has 72 valence electrons. The normalized spacial score (nSPS) is 28.2. The molecule has 13 heavy (non-hydrogen) atoms. The predicted octanol–water partition coefficient (Wildman–Crippen LogP) is 1.36. The zero-order valence-corrected chi connectivity index (χ0v) is 8.20. The van der Waals surface area contributed by atoms with Crippen LogP contribution in [0, 0.1) is 6.92 Å². The van der Waals surface area contributed by atoms with Gasteiger partial charge in [-0.15, -0.1) is 0 Å². The van der Waals surface area contributed by atoms with Crippen LogP contribution in [0.3, 0.4) is 0 Å². The summed E-state index contributed by atoms with van der Waals surface area (Å²) in [6.45, 7) is 1.99. The standard InChI is InChI=1S/C10H16N2O/c1-7-11-9(6-12(7)2)8-4-3-5-10(8)13/h6,8,10,13H,3-5H2,1-2H3/t8-,10+/m0/s1. The molecule has 2 atom stereocenters. The van der Waals surface area contributed by atoms with Crippen LogP contribution in [0.5, 0.6) is 0 Å². The summed E-state index contributed by atoms with van der Waals surface area (Å²) in [6, 6.07) is 0. The summed E-state index contributed by atoms with van der Waals surface area (Å²) in [5.41, 5.74) is 1.06. The molecular formula is C10H16N2O. The summed E-state index contributed by atoms with van der Waals surface area (Å²) in [4.78, 5) is 4.45. The second-order valence-corrected chi connectivity index (χ2v) is 3.93. The Hall–Kier alpha value is -0.830. The van der Waals surface area contributed by atoms with Crippen molar-refractivity contribution in [2.45, 2.75) is 38.2 Å². The number of nitrogens with zero attached hydrogens (tertiary/aromatic N) is 2. The topological polar surface area (TPSA) is 38.1 Å². The predicted molar refractivity (Wildman–Crippen MR) is 50.5 cm³/mol. The molecule has 0 radical (unpaired) electrons. The zero-order chi connectivity index (χ0) is 9.42. The quantitative estimate of drug-likeness (QED) is 0.708. The van der Waals surface area contributed by atoms with Crippen LogP contribution in [-0.4, -0.2) is 20.8 Å². The van der Waals surface area contributed by atoms with E-state index in [2.05, 4.69) is 4.98 Å². The van der Waals surface area contributed by atoms with Gasteiger partial charge in [0, 0.05) is 19.2 Å². The molecule has 0 spiro atoms. The Balaban J connectivity index is 2.24. The Morgan fingerprint density at radius 1 is 1.54 bits per heavy atom. The van der Waals surface area contributed by atoms with Gasteiger partial charge in [0.05, 0.1) is 11.8 Å². The maximum absolute atomic E-state index is 9.69. The van der Waals surface area contributed by atoms with E-state index >= 15 is 0 Å². The molecule has 0 unspecified atom stereocenters. The van der Waals surface area contributed by atoms with Gasteiger partial charge in [-0.05, 0) is 19.8 Å². The molecule has 1 aromatic rings. The average Bonchev–Trinajstić information content (AvgIpc) is 2.60. The van der Waals surface area contributed by atoms with Gasteiger partial charge in [-0.3, -0.25) is 0 Å². The van der Waals surface area contributed by atoms with Crippen molar-refractivity contribution >= 4 is 0 Å². The number of aryl methyl sites for hydroxylation is 2. The lowest BCUT2D eigenvalue weighted by Gasteiger charge is -2.10. The first kappa shape index (κ1) is 8.75. The fourth-order valence-corrected chi connectivity index (χ4v) is 2.05. The largest absolute Gasteiger partial charge is 0.392 e. The molecule has 0 aliphatic heterocycles. The van der Waals surface area contributed by atoms with E-state index in [-0.39, 0.29) is 12.0 Å². The molecule has 0 aromatic carbocycles. The van der Waals surface area contributed by atoms with Gasteiger partial charge in [0.1, 0.15) is 5.82 Å². The number of aromatic nitrogens is 2. The minimum Gasteiger partial charge on any atom is -0.392 e. The summed E-state index contributed by atoms with van der Waals surface area (Å²) < 4.78 is 2.01. The van der Waals surface area contributed by atoms with Gasteiger partial charge < -0.3 is 9.67 Å². The lowest BCUT2D eigenvalue weighted by atomic mass is 10.0. The van der Waals surface area contributed by atoms with E-state index in [0.29, 0.717) is 0 Å². The number of hydrogen-bond acceptors (Lipinski definition) is 2. The maximum atomic E-state index is 9.69. The first-order valence-electron chi connectivity index (χ1n) is 4.86. The fourth-order valence-electron chi connectivity index (χ4n) is 2.05. The van der Waals surface area contributed by atoms with Crippen LogP contribution < -0.4 is 0 Å².